The number of methoxy groups -OCH3 is 2. The Bertz CT molecular complexity index is 451. The van der Waals surface area contributed by atoms with E-state index < -0.39 is 0 Å². The van der Waals surface area contributed by atoms with Crippen LogP contribution >= 0.6 is 23.8 Å². The van der Waals surface area contributed by atoms with Gasteiger partial charge in [-0.05, 0) is 26.1 Å². The molecule has 0 saturated carbocycles. The van der Waals surface area contributed by atoms with Crippen molar-refractivity contribution in [2.75, 3.05) is 32.6 Å². The van der Waals surface area contributed by atoms with Crippen molar-refractivity contribution in [2.24, 2.45) is 0 Å². The lowest BCUT2D eigenvalue weighted by atomic mass is 10.2. The predicted molar refractivity (Wildman–Crippen MR) is 83.7 cm³/mol. The Hall–Kier alpha value is -1.20. The number of hydrogen-bond donors (Lipinski definition) is 1. The highest BCUT2D eigenvalue weighted by molar-refractivity contribution is 7.80. The first kappa shape index (κ1) is 15.9. The lowest BCUT2D eigenvalue weighted by molar-refractivity contribution is 0.404. The monoisotopic (exact) mass is 302 g/mol. The normalized spacial score (nSPS) is 9.95. The first-order valence-corrected chi connectivity index (χ1v) is 6.83. The number of hydrogen-bond acceptors (Lipinski definition) is 3. The molecule has 19 heavy (non-hydrogen) atoms. The maximum atomic E-state index is 6.06. The van der Waals surface area contributed by atoms with Crippen LogP contribution in [0.5, 0.6) is 11.5 Å². The van der Waals surface area contributed by atoms with Crippen molar-refractivity contribution in [1.29, 1.82) is 0 Å². The Labute approximate surface area is 124 Å². The minimum atomic E-state index is 0.499. The summed E-state index contributed by atoms with van der Waals surface area (Å²) < 4.78 is 10.5. The number of rotatable bonds is 5. The van der Waals surface area contributed by atoms with Crippen LogP contribution in [0.2, 0.25) is 5.02 Å². The Morgan fingerprint density at radius 3 is 2.26 bits per heavy atom. The van der Waals surface area contributed by atoms with Gasteiger partial charge in [0.2, 0.25) is 0 Å². The molecule has 6 heteroatoms. The second kappa shape index (κ2) is 7.40. The van der Waals surface area contributed by atoms with Gasteiger partial charge in [0.25, 0.3) is 0 Å². The maximum absolute atomic E-state index is 6.06. The van der Waals surface area contributed by atoms with Gasteiger partial charge in [0.15, 0.2) is 5.11 Å². The van der Waals surface area contributed by atoms with E-state index in [4.69, 9.17) is 33.3 Å². The van der Waals surface area contributed by atoms with E-state index in [1.807, 2.05) is 4.90 Å². The molecule has 0 spiro atoms. The molecule has 1 N–H and O–H groups in total. The SMILES string of the molecule is CCN(CC)C(=S)Nc1cc(OC)c(Cl)cc1OC. The average molecular weight is 303 g/mol. The molecule has 0 amide bonds. The molecule has 0 heterocycles. The molecule has 1 aromatic carbocycles. The van der Waals surface area contributed by atoms with Crippen LogP contribution in [0, 0.1) is 0 Å². The van der Waals surface area contributed by atoms with Crippen molar-refractivity contribution >= 4 is 34.6 Å². The quantitative estimate of drug-likeness (QED) is 0.843. The van der Waals surface area contributed by atoms with Crippen molar-refractivity contribution < 1.29 is 9.47 Å². The molecule has 0 aliphatic rings. The average Bonchev–Trinajstić information content (AvgIpc) is 2.41. The van der Waals surface area contributed by atoms with E-state index in [0.717, 1.165) is 18.8 Å². The molecule has 1 rings (SSSR count). The molecule has 4 nitrogen and oxygen atoms in total. The zero-order valence-corrected chi connectivity index (χ0v) is 13.2. The number of anilines is 1. The molecule has 0 bridgehead atoms. The van der Waals surface area contributed by atoms with Crippen molar-refractivity contribution in [3.05, 3.63) is 17.2 Å². The van der Waals surface area contributed by atoms with Gasteiger partial charge in [-0.25, -0.2) is 0 Å². The fraction of sp³-hybridized carbons (Fsp3) is 0.462. The molecule has 0 aliphatic heterocycles. The Morgan fingerprint density at radius 1 is 1.21 bits per heavy atom. The summed E-state index contributed by atoms with van der Waals surface area (Å²) in [5, 5.41) is 4.30. The van der Waals surface area contributed by atoms with E-state index >= 15 is 0 Å². The molecule has 0 fully saturated rings. The third-order valence-corrected chi connectivity index (χ3v) is 3.42. The van der Waals surface area contributed by atoms with E-state index in [9.17, 15) is 0 Å². The summed E-state index contributed by atoms with van der Waals surface area (Å²) in [6, 6.07) is 3.48. The Kier molecular flexibility index (Phi) is 6.18. The van der Waals surface area contributed by atoms with Crippen LogP contribution in [-0.2, 0) is 0 Å². The van der Waals surface area contributed by atoms with E-state index in [-0.39, 0.29) is 0 Å². The van der Waals surface area contributed by atoms with E-state index in [1.165, 1.54) is 0 Å². The molecular weight excluding hydrogens is 284 g/mol. The highest BCUT2D eigenvalue weighted by Gasteiger charge is 2.13. The standard InChI is InChI=1S/C13H19ClN2O2S/c1-5-16(6-2)13(19)15-10-8-11(17-3)9(14)7-12(10)18-4/h7-8H,5-6H2,1-4H3,(H,15,19). The van der Waals surface area contributed by atoms with Crippen LogP contribution in [0.15, 0.2) is 12.1 Å². The zero-order chi connectivity index (χ0) is 14.4. The summed E-state index contributed by atoms with van der Waals surface area (Å²) >= 11 is 11.4. The second-order valence-corrected chi connectivity index (χ2v) is 4.58. The minimum absolute atomic E-state index is 0.499. The van der Waals surface area contributed by atoms with Gasteiger partial charge in [0.1, 0.15) is 11.5 Å². The van der Waals surface area contributed by atoms with E-state index in [1.54, 1.807) is 26.4 Å². The van der Waals surface area contributed by atoms with Gasteiger partial charge in [-0.1, -0.05) is 11.6 Å². The smallest absolute Gasteiger partial charge is 0.173 e. The Morgan fingerprint density at radius 2 is 1.79 bits per heavy atom. The predicted octanol–water partition coefficient (Wildman–Crippen LogP) is 3.40. The molecule has 1 aromatic rings. The third kappa shape index (κ3) is 3.88. The molecule has 0 saturated heterocycles. The largest absolute Gasteiger partial charge is 0.495 e. The first-order chi connectivity index (χ1) is 9.07. The molecule has 0 unspecified atom stereocenters. The van der Waals surface area contributed by atoms with Crippen LogP contribution in [-0.4, -0.2) is 37.3 Å². The number of thiocarbonyl (C=S) groups is 1. The van der Waals surface area contributed by atoms with Crippen molar-refractivity contribution in [3.63, 3.8) is 0 Å². The van der Waals surface area contributed by atoms with Gasteiger partial charge < -0.3 is 19.7 Å². The summed E-state index contributed by atoms with van der Waals surface area (Å²) in [7, 11) is 3.16. The van der Waals surface area contributed by atoms with Gasteiger partial charge >= 0.3 is 0 Å². The highest BCUT2D eigenvalue weighted by atomic mass is 35.5. The molecule has 106 valence electrons. The summed E-state index contributed by atoms with van der Waals surface area (Å²) in [6.45, 7) is 5.79. The van der Waals surface area contributed by atoms with Gasteiger partial charge in [-0.2, -0.15) is 0 Å². The molecule has 0 atom stereocenters. The molecule has 0 radical (unpaired) electrons. The van der Waals surface area contributed by atoms with E-state index in [2.05, 4.69) is 19.2 Å². The van der Waals surface area contributed by atoms with Crippen LogP contribution in [0.25, 0.3) is 0 Å². The van der Waals surface area contributed by atoms with Gasteiger partial charge in [-0.3, -0.25) is 0 Å². The van der Waals surface area contributed by atoms with Crippen molar-refractivity contribution in [2.45, 2.75) is 13.8 Å². The summed E-state index contributed by atoms with van der Waals surface area (Å²) in [6.07, 6.45) is 0. The molecule has 0 aromatic heterocycles. The number of ether oxygens (including phenoxy) is 2. The summed E-state index contributed by atoms with van der Waals surface area (Å²) in [5.41, 5.74) is 0.737. The van der Waals surface area contributed by atoms with Crippen LogP contribution in [0.1, 0.15) is 13.8 Å². The van der Waals surface area contributed by atoms with Crippen LogP contribution in [0.3, 0.4) is 0 Å². The van der Waals surface area contributed by atoms with Crippen molar-refractivity contribution in [1.82, 2.24) is 4.90 Å². The second-order valence-electron chi connectivity index (χ2n) is 3.79. The lowest BCUT2D eigenvalue weighted by Crippen LogP contribution is -2.34. The van der Waals surface area contributed by atoms with Crippen LogP contribution < -0.4 is 14.8 Å². The zero-order valence-electron chi connectivity index (χ0n) is 11.6. The van der Waals surface area contributed by atoms with E-state index in [0.29, 0.717) is 21.6 Å². The fourth-order valence-corrected chi connectivity index (χ4v) is 2.26. The number of nitrogens with one attached hydrogen (secondary N) is 1. The summed E-state index contributed by atoms with van der Waals surface area (Å²) in [4.78, 5) is 2.04. The van der Waals surface area contributed by atoms with Gasteiger partial charge in [0.05, 0.1) is 24.9 Å². The van der Waals surface area contributed by atoms with Gasteiger partial charge in [-0.15, -0.1) is 0 Å². The third-order valence-electron chi connectivity index (χ3n) is 2.77. The molecule has 0 aliphatic carbocycles. The van der Waals surface area contributed by atoms with Crippen molar-refractivity contribution in [3.8, 4) is 11.5 Å². The topological polar surface area (TPSA) is 33.7 Å². The lowest BCUT2D eigenvalue weighted by Gasteiger charge is -2.23. The van der Waals surface area contributed by atoms with Crippen LogP contribution in [0.4, 0.5) is 5.69 Å². The number of nitrogens with zero attached hydrogens (tertiary/aromatic N) is 1. The summed E-state index contributed by atoms with van der Waals surface area (Å²) in [5.74, 6) is 1.20. The first-order valence-electron chi connectivity index (χ1n) is 6.04. The minimum Gasteiger partial charge on any atom is -0.495 e. The number of halogens is 1. The highest BCUT2D eigenvalue weighted by Crippen LogP contribution is 2.35. The maximum Gasteiger partial charge on any atom is 0.173 e. The Balaban J connectivity index is 3.02. The van der Waals surface area contributed by atoms with Gasteiger partial charge in [0, 0.05) is 25.2 Å². The fourth-order valence-electron chi connectivity index (χ4n) is 1.66. The number of benzene rings is 1. The molecular formula is C13H19ClN2O2S.